The first-order valence-electron chi connectivity index (χ1n) is 4.63. The molecule has 1 heterocycles. The predicted molar refractivity (Wildman–Crippen MR) is 57.5 cm³/mol. The number of aryl methyl sites for hydroxylation is 1. The molecule has 1 aromatic heterocycles. The molecule has 0 aliphatic heterocycles. The van der Waals surface area contributed by atoms with Crippen molar-refractivity contribution >= 4 is 16.9 Å². The smallest absolute Gasteiger partial charge is 0.325 e. The van der Waals surface area contributed by atoms with E-state index in [2.05, 4.69) is 0 Å². The molecule has 0 fully saturated rings. The third-order valence-corrected chi connectivity index (χ3v) is 2.54. The van der Waals surface area contributed by atoms with Crippen molar-refractivity contribution in [1.82, 2.24) is 4.57 Å². The van der Waals surface area contributed by atoms with Gasteiger partial charge in [-0.2, -0.15) is 0 Å². The molecule has 0 aliphatic rings. The summed E-state index contributed by atoms with van der Waals surface area (Å²) >= 11 is 0. The fraction of sp³-hybridized carbons (Fsp3) is 0.182. The second-order valence-corrected chi connectivity index (χ2v) is 3.56. The topological polar surface area (TPSA) is 68.2 Å². The Morgan fingerprint density at radius 2 is 2.20 bits per heavy atom. The third kappa shape index (κ3) is 1.59. The monoisotopic (exact) mass is 204 g/mol. The normalized spacial score (nSPS) is 12.9. The van der Waals surface area contributed by atoms with E-state index in [1.165, 1.54) is 0 Å². The molecular weight excluding hydrogens is 192 g/mol. The zero-order valence-corrected chi connectivity index (χ0v) is 8.34. The molecule has 1 atom stereocenters. The number of rotatable bonds is 2. The van der Waals surface area contributed by atoms with Crippen LogP contribution in [0.4, 0.5) is 0 Å². The average Bonchev–Trinajstić information content (AvgIpc) is 2.59. The molecule has 0 radical (unpaired) electrons. The summed E-state index contributed by atoms with van der Waals surface area (Å²) in [4.78, 5) is 10.7. The maximum atomic E-state index is 10.7. The molecule has 0 spiro atoms. The lowest BCUT2D eigenvalue weighted by molar-refractivity contribution is -0.138. The lowest BCUT2D eigenvalue weighted by Crippen LogP contribution is -2.20. The molecule has 15 heavy (non-hydrogen) atoms. The number of carboxylic acid groups (broad SMARTS) is 1. The van der Waals surface area contributed by atoms with Crippen LogP contribution in [0.15, 0.2) is 30.5 Å². The van der Waals surface area contributed by atoms with Gasteiger partial charge >= 0.3 is 5.97 Å². The SMILES string of the molecule is Cn1ccc2ccc(C(N)C(=O)O)cc21. The zero-order valence-electron chi connectivity index (χ0n) is 8.34. The predicted octanol–water partition coefficient (Wildman–Crippen LogP) is 1.26. The van der Waals surface area contributed by atoms with E-state index < -0.39 is 12.0 Å². The van der Waals surface area contributed by atoms with Crippen molar-refractivity contribution in [1.29, 1.82) is 0 Å². The number of hydrogen-bond acceptors (Lipinski definition) is 2. The highest BCUT2D eigenvalue weighted by Crippen LogP contribution is 2.19. The Morgan fingerprint density at radius 1 is 1.47 bits per heavy atom. The van der Waals surface area contributed by atoms with Gasteiger partial charge in [0.15, 0.2) is 0 Å². The van der Waals surface area contributed by atoms with Crippen molar-refractivity contribution in [3.05, 3.63) is 36.0 Å². The molecule has 0 amide bonds. The molecule has 1 unspecified atom stereocenters. The van der Waals surface area contributed by atoms with Gasteiger partial charge < -0.3 is 15.4 Å². The Bertz CT molecular complexity index is 516. The van der Waals surface area contributed by atoms with Crippen LogP contribution in [0.3, 0.4) is 0 Å². The molecule has 78 valence electrons. The molecule has 4 nitrogen and oxygen atoms in total. The van der Waals surface area contributed by atoms with Crippen LogP contribution in [0.1, 0.15) is 11.6 Å². The number of nitrogens with two attached hydrogens (primary N) is 1. The van der Waals surface area contributed by atoms with Gasteiger partial charge in [0.05, 0.1) is 0 Å². The number of fused-ring (bicyclic) bond motifs is 1. The first-order valence-corrected chi connectivity index (χ1v) is 4.63. The highest BCUT2D eigenvalue weighted by Gasteiger charge is 2.14. The summed E-state index contributed by atoms with van der Waals surface area (Å²) in [5.41, 5.74) is 7.15. The molecule has 0 saturated carbocycles. The second-order valence-electron chi connectivity index (χ2n) is 3.56. The first-order chi connectivity index (χ1) is 7.09. The number of benzene rings is 1. The van der Waals surface area contributed by atoms with Crippen molar-refractivity contribution in [3.63, 3.8) is 0 Å². The summed E-state index contributed by atoms with van der Waals surface area (Å²) in [5.74, 6) is -1.01. The Morgan fingerprint density at radius 3 is 2.87 bits per heavy atom. The fourth-order valence-corrected chi connectivity index (χ4v) is 1.62. The van der Waals surface area contributed by atoms with Gasteiger partial charge in [0.1, 0.15) is 6.04 Å². The summed E-state index contributed by atoms with van der Waals surface area (Å²) in [7, 11) is 1.92. The van der Waals surface area contributed by atoms with E-state index in [-0.39, 0.29) is 0 Å². The largest absolute Gasteiger partial charge is 0.480 e. The van der Waals surface area contributed by atoms with Crippen LogP contribution in [-0.2, 0) is 11.8 Å². The van der Waals surface area contributed by atoms with Crippen LogP contribution in [0.25, 0.3) is 10.9 Å². The van der Waals surface area contributed by atoms with Gasteiger partial charge in [0.2, 0.25) is 0 Å². The lowest BCUT2D eigenvalue weighted by Gasteiger charge is -2.07. The Kier molecular flexibility index (Phi) is 2.21. The minimum atomic E-state index is -1.01. The van der Waals surface area contributed by atoms with E-state index >= 15 is 0 Å². The molecule has 2 aromatic rings. The van der Waals surface area contributed by atoms with Gasteiger partial charge in [0.25, 0.3) is 0 Å². The van der Waals surface area contributed by atoms with Gasteiger partial charge in [-0.15, -0.1) is 0 Å². The van der Waals surface area contributed by atoms with E-state index in [4.69, 9.17) is 10.8 Å². The number of carboxylic acids is 1. The van der Waals surface area contributed by atoms with Gasteiger partial charge in [-0.25, -0.2) is 0 Å². The van der Waals surface area contributed by atoms with Crippen LogP contribution < -0.4 is 5.73 Å². The van der Waals surface area contributed by atoms with E-state index in [1.807, 2.05) is 36.0 Å². The van der Waals surface area contributed by atoms with Gasteiger partial charge in [-0.1, -0.05) is 12.1 Å². The molecule has 4 heteroatoms. The van der Waals surface area contributed by atoms with Gasteiger partial charge in [-0.05, 0) is 23.1 Å². The highest BCUT2D eigenvalue weighted by molar-refractivity contribution is 5.83. The number of hydrogen-bond donors (Lipinski definition) is 2. The van der Waals surface area contributed by atoms with E-state index in [0.29, 0.717) is 5.56 Å². The van der Waals surface area contributed by atoms with Crippen molar-refractivity contribution in [2.24, 2.45) is 12.8 Å². The zero-order chi connectivity index (χ0) is 11.0. The number of nitrogens with zero attached hydrogens (tertiary/aromatic N) is 1. The Labute approximate surface area is 86.9 Å². The molecule has 2 rings (SSSR count). The highest BCUT2D eigenvalue weighted by atomic mass is 16.4. The average molecular weight is 204 g/mol. The van der Waals surface area contributed by atoms with Crippen LogP contribution in [0.2, 0.25) is 0 Å². The summed E-state index contributed by atoms with van der Waals surface area (Å²) in [6.07, 6.45) is 1.93. The minimum absolute atomic E-state index is 0.622. The van der Waals surface area contributed by atoms with Gasteiger partial charge in [0, 0.05) is 18.8 Å². The van der Waals surface area contributed by atoms with Crippen LogP contribution >= 0.6 is 0 Å². The van der Waals surface area contributed by atoms with Crippen molar-refractivity contribution < 1.29 is 9.90 Å². The lowest BCUT2D eigenvalue weighted by atomic mass is 10.1. The molecular formula is C11H12N2O2. The molecule has 0 saturated heterocycles. The Hall–Kier alpha value is -1.81. The van der Waals surface area contributed by atoms with Crippen LogP contribution in [0, 0.1) is 0 Å². The molecule has 3 N–H and O–H groups in total. The standard InChI is InChI=1S/C11H12N2O2/c1-13-5-4-7-2-3-8(6-9(7)13)10(12)11(14)15/h2-6,10H,12H2,1H3,(H,14,15). The van der Waals surface area contributed by atoms with E-state index in [9.17, 15) is 4.79 Å². The number of aromatic nitrogens is 1. The second kappa shape index (κ2) is 3.40. The summed E-state index contributed by atoms with van der Waals surface area (Å²) in [5, 5.41) is 9.88. The minimum Gasteiger partial charge on any atom is -0.480 e. The number of carbonyl (C=O) groups is 1. The third-order valence-electron chi connectivity index (χ3n) is 2.54. The number of aliphatic carboxylic acids is 1. The van der Waals surface area contributed by atoms with E-state index in [0.717, 1.165) is 10.9 Å². The summed E-state index contributed by atoms with van der Waals surface area (Å²) in [6.45, 7) is 0. The quantitative estimate of drug-likeness (QED) is 0.773. The van der Waals surface area contributed by atoms with Crippen LogP contribution in [0.5, 0.6) is 0 Å². The molecule has 1 aromatic carbocycles. The van der Waals surface area contributed by atoms with Crippen molar-refractivity contribution in [3.8, 4) is 0 Å². The maximum Gasteiger partial charge on any atom is 0.325 e. The molecule has 0 bridgehead atoms. The molecule has 0 aliphatic carbocycles. The van der Waals surface area contributed by atoms with Crippen molar-refractivity contribution in [2.45, 2.75) is 6.04 Å². The van der Waals surface area contributed by atoms with Crippen LogP contribution in [-0.4, -0.2) is 15.6 Å². The van der Waals surface area contributed by atoms with E-state index in [1.54, 1.807) is 6.07 Å². The Balaban J connectivity index is 2.54. The first kappa shape index (κ1) is 9.73. The van der Waals surface area contributed by atoms with Crippen molar-refractivity contribution in [2.75, 3.05) is 0 Å². The summed E-state index contributed by atoms with van der Waals surface area (Å²) in [6, 6.07) is 6.47. The fourth-order valence-electron chi connectivity index (χ4n) is 1.62. The maximum absolute atomic E-state index is 10.7. The summed E-state index contributed by atoms with van der Waals surface area (Å²) < 4.78 is 1.94. The van der Waals surface area contributed by atoms with Gasteiger partial charge in [-0.3, -0.25) is 4.79 Å².